The van der Waals surface area contributed by atoms with Crippen LogP contribution in [0.1, 0.15) is 39.3 Å². The lowest BCUT2D eigenvalue weighted by molar-refractivity contribution is -0.125. The van der Waals surface area contributed by atoms with Crippen LogP contribution in [0.5, 0.6) is 0 Å². The summed E-state index contributed by atoms with van der Waals surface area (Å²) < 4.78 is 1.91. The molecular weight excluding hydrogens is 216 g/mol. The third-order valence-corrected chi connectivity index (χ3v) is 2.75. The Morgan fingerprint density at radius 1 is 1.59 bits per heavy atom. The van der Waals surface area contributed by atoms with Crippen LogP contribution >= 0.6 is 0 Å². The maximum Gasteiger partial charge on any atom is 0.224 e. The molecule has 0 aromatic carbocycles. The normalized spacial score (nSPS) is 12.1. The van der Waals surface area contributed by atoms with Gasteiger partial charge in [0.15, 0.2) is 0 Å². The van der Waals surface area contributed by atoms with Gasteiger partial charge in [-0.25, -0.2) is 0 Å². The van der Waals surface area contributed by atoms with Crippen LogP contribution in [0, 0.1) is 5.41 Å². The number of hydrogen-bond donors (Lipinski definition) is 2. The van der Waals surface area contributed by atoms with E-state index in [2.05, 4.69) is 24.3 Å². The number of carbonyl (C=O) groups is 1. The molecule has 1 heterocycles. The van der Waals surface area contributed by atoms with Crippen LogP contribution in [-0.2, 0) is 11.3 Å². The summed E-state index contributed by atoms with van der Waals surface area (Å²) in [6.07, 6.45) is 3.85. The summed E-state index contributed by atoms with van der Waals surface area (Å²) in [5, 5.41) is 7.47. The molecule has 0 fully saturated rings. The number of hydrogen-bond acceptors (Lipinski definition) is 3. The Balaban J connectivity index is 2.43. The van der Waals surface area contributed by atoms with Gasteiger partial charge in [-0.05, 0) is 27.7 Å². The first-order valence-corrected chi connectivity index (χ1v) is 5.86. The Morgan fingerprint density at radius 2 is 2.24 bits per heavy atom. The van der Waals surface area contributed by atoms with E-state index >= 15 is 0 Å². The Labute approximate surface area is 102 Å². The Morgan fingerprint density at radius 3 is 2.71 bits per heavy atom. The molecule has 1 amide bonds. The van der Waals surface area contributed by atoms with Crippen molar-refractivity contribution in [2.24, 2.45) is 11.1 Å². The summed E-state index contributed by atoms with van der Waals surface area (Å²) in [5.74, 6) is -0.289. The van der Waals surface area contributed by atoms with Gasteiger partial charge in [-0.15, -0.1) is 0 Å². The van der Waals surface area contributed by atoms with Crippen LogP contribution in [-0.4, -0.2) is 22.2 Å². The summed E-state index contributed by atoms with van der Waals surface area (Å²) >= 11 is 0. The van der Waals surface area contributed by atoms with E-state index in [-0.39, 0.29) is 5.91 Å². The maximum absolute atomic E-state index is 11.1. The predicted octanol–water partition coefficient (Wildman–Crippen LogP) is 1.07. The smallest absolute Gasteiger partial charge is 0.224 e. The first-order valence-electron chi connectivity index (χ1n) is 5.86. The van der Waals surface area contributed by atoms with E-state index in [0.717, 1.165) is 5.56 Å². The highest BCUT2D eigenvalue weighted by Crippen LogP contribution is 2.12. The number of nitrogens with zero attached hydrogens (tertiary/aromatic N) is 2. The van der Waals surface area contributed by atoms with Crippen molar-refractivity contribution in [3.05, 3.63) is 18.0 Å². The second-order valence-corrected chi connectivity index (χ2v) is 5.27. The second kappa shape index (κ2) is 5.31. The average molecular weight is 238 g/mol. The van der Waals surface area contributed by atoms with Crippen LogP contribution in [0.4, 0.5) is 0 Å². The zero-order valence-electron chi connectivity index (χ0n) is 11.0. The van der Waals surface area contributed by atoms with Crippen molar-refractivity contribution in [3.8, 4) is 0 Å². The maximum atomic E-state index is 11.1. The molecule has 5 heteroatoms. The molecule has 96 valence electrons. The molecule has 1 aromatic rings. The zero-order valence-corrected chi connectivity index (χ0v) is 11.0. The summed E-state index contributed by atoms with van der Waals surface area (Å²) in [7, 11) is 0. The van der Waals surface area contributed by atoms with E-state index in [1.54, 1.807) is 0 Å². The van der Waals surface area contributed by atoms with E-state index in [1.165, 1.54) is 0 Å². The van der Waals surface area contributed by atoms with Gasteiger partial charge in [0.05, 0.1) is 11.6 Å². The molecule has 0 aliphatic heterocycles. The van der Waals surface area contributed by atoms with Gasteiger partial charge in [-0.1, -0.05) is 0 Å². The van der Waals surface area contributed by atoms with E-state index in [9.17, 15) is 4.79 Å². The van der Waals surface area contributed by atoms with Gasteiger partial charge in [0.25, 0.3) is 0 Å². The van der Waals surface area contributed by atoms with Crippen molar-refractivity contribution in [2.45, 2.75) is 40.3 Å². The number of primary amides is 1. The number of rotatable bonds is 6. The number of nitrogens with one attached hydrogen (secondary N) is 1. The van der Waals surface area contributed by atoms with E-state index in [1.807, 2.05) is 30.9 Å². The highest BCUT2D eigenvalue weighted by atomic mass is 16.1. The van der Waals surface area contributed by atoms with Crippen molar-refractivity contribution in [2.75, 3.05) is 6.54 Å². The fourth-order valence-corrected chi connectivity index (χ4v) is 1.36. The summed E-state index contributed by atoms with van der Waals surface area (Å²) in [4.78, 5) is 11.1. The molecule has 0 aliphatic rings. The molecule has 1 rings (SSSR count). The van der Waals surface area contributed by atoms with Crippen LogP contribution in [0.2, 0.25) is 0 Å². The van der Waals surface area contributed by atoms with Crippen LogP contribution in [0.3, 0.4) is 0 Å². The molecular formula is C12H22N4O. The molecule has 0 spiro atoms. The Bertz CT molecular complexity index is 382. The fraction of sp³-hybridized carbons (Fsp3) is 0.667. The molecule has 0 atom stereocenters. The van der Waals surface area contributed by atoms with E-state index < -0.39 is 5.41 Å². The zero-order chi connectivity index (χ0) is 13.1. The lowest BCUT2D eigenvalue weighted by atomic mass is 9.93. The highest BCUT2D eigenvalue weighted by Gasteiger charge is 2.24. The quantitative estimate of drug-likeness (QED) is 0.778. The Hall–Kier alpha value is -1.36. The van der Waals surface area contributed by atoms with Gasteiger partial charge in [0.1, 0.15) is 0 Å². The molecule has 3 N–H and O–H groups in total. The first-order chi connectivity index (χ1) is 7.83. The standard InChI is InChI=1S/C12H22N4O/c1-9(2)16-7-10(6-15-16)5-14-8-12(3,4)11(13)17/h6-7,9,14H,5,8H2,1-4H3,(H2,13,17). The lowest BCUT2D eigenvalue weighted by Crippen LogP contribution is -2.40. The van der Waals surface area contributed by atoms with Crippen molar-refractivity contribution in [1.82, 2.24) is 15.1 Å². The molecule has 17 heavy (non-hydrogen) atoms. The van der Waals surface area contributed by atoms with Gasteiger partial charge in [-0.3, -0.25) is 9.48 Å². The van der Waals surface area contributed by atoms with Crippen molar-refractivity contribution >= 4 is 5.91 Å². The molecule has 0 saturated carbocycles. The van der Waals surface area contributed by atoms with E-state index in [0.29, 0.717) is 19.1 Å². The van der Waals surface area contributed by atoms with Gasteiger partial charge in [0, 0.05) is 30.9 Å². The minimum atomic E-state index is -0.520. The van der Waals surface area contributed by atoms with Gasteiger partial charge in [0.2, 0.25) is 5.91 Å². The minimum Gasteiger partial charge on any atom is -0.369 e. The van der Waals surface area contributed by atoms with Gasteiger partial charge >= 0.3 is 0 Å². The third-order valence-electron chi connectivity index (χ3n) is 2.75. The van der Waals surface area contributed by atoms with Crippen molar-refractivity contribution < 1.29 is 4.79 Å². The number of nitrogens with two attached hydrogens (primary N) is 1. The Kier molecular flexibility index (Phi) is 4.28. The molecule has 0 bridgehead atoms. The average Bonchev–Trinajstić information content (AvgIpc) is 2.66. The van der Waals surface area contributed by atoms with Crippen molar-refractivity contribution in [1.29, 1.82) is 0 Å². The third kappa shape index (κ3) is 3.85. The monoisotopic (exact) mass is 238 g/mol. The minimum absolute atomic E-state index is 0.289. The number of amides is 1. The molecule has 1 aromatic heterocycles. The highest BCUT2D eigenvalue weighted by molar-refractivity contribution is 5.80. The molecule has 0 saturated heterocycles. The van der Waals surface area contributed by atoms with Crippen LogP contribution < -0.4 is 11.1 Å². The van der Waals surface area contributed by atoms with Crippen LogP contribution in [0.15, 0.2) is 12.4 Å². The molecule has 0 aliphatic carbocycles. The molecule has 0 unspecified atom stereocenters. The number of aromatic nitrogens is 2. The van der Waals surface area contributed by atoms with Crippen molar-refractivity contribution in [3.63, 3.8) is 0 Å². The van der Waals surface area contributed by atoms with Crippen LogP contribution in [0.25, 0.3) is 0 Å². The summed E-state index contributed by atoms with van der Waals surface area (Å²) in [6, 6.07) is 0.366. The second-order valence-electron chi connectivity index (χ2n) is 5.27. The van der Waals surface area contributed by atoms with Gasteiger partial charge in [-0.2, -0.15) is 5.10 Å². The van der Waals surface area contributed by atoms with E-state index in [4.69, 9.17) is 5.73 Å². The molecule has 5 nitrogen and oxygen atoms in total. The van der Waals surface area contributed by atoms with Gasteiger partial charge < -0.3 is 11.1 Å². The first kappa shape index (κ1) is 13.7. The topological polar surface area (TPSA) is 72.9 Å². The predicted molar refractivity (Wildman–Crippen MR) is 67.3 cm³/mol. The summed E-state index contributed by atoms with van der Waals surface area (Å²) in [5.41, 5.74) is 5.89. The number of carbonyl (C=O) groups excluding carboxylic acids is 1. The largest absolute Gasteiger partial charge is 0.369 e. The SMILES string of the molecule is CC(C)n1cc(CNCC(C)(C)C(N)=O)cn1. The molecule has 0 radical (unpaired) electrons. The lowest BCUT2D eigenvalue weighted by Gasteiger charge is -2.20. The summed E-state index contributed by atoms with van der Waals surface area (Å²) in [6.45, 7) is 9.10. The fourth-order valence-electron chi connectivity index (χ4n) is 1.36.